The van der Waals surface area contributed by atoms with Gasteiger partial charge in [0.05, 0.1) is 13.2 Å². The maximum atomic E-state index is 13.7. The number of aromatic amines is 1. The number of nitrogens with one attached hydrogen (secondary N) is 3. The van der Waals surface area contributed by atoms with Crippen LogP contribution in [0.2, 0.25) is 0 Å². The van der Waals surface area contributed by atoms with Gasteiger partial charge in [0.1, 0.15) is 17.5 Å². The summed E-state index contributed by atoms with van der Waals surface area (Å²) in [6, 6.07) is 5.09. The average Bonchev–Trinajstić information content (AvgIpc) is 3.27. The fourth-order valence-electron chi connectivity index (χ4n) is 6.38. The number of amides is 4. The van der Waals surface area contributed by atoms with Crippen molar-refractivity contribution in [3.63, 3.8) is 0 Å². The minimum Gasteiger partial charge on any atom is -0.496 e. The lowest BCUT2D eigenvalue weighted by molar-refractivity contribution is -0.140. The second kappa shape index (κ2) is 9.45. The molecule has 202 valence electrons. The molecule has 1 aliphatic carbocycles. The molecule has 0 spiro atoms. The Morgan fingerprint density at radius 2 is 2.03 bits per heavy atom. The van der Waals surface area contributed by atoms with Gasteiger partial charge >= 0.3 is 0 Å². The molecule has 5 rings (SSSR count). The molecule has 2 saturated heterocycles. The standard InChI is InChI=1S/C27H33N5O6/c1-27(2)15-12-32(26(37)18-11-14-16(30-18)7-4-8-19(14)38-3)21(20(15)27)25(36)31-17(22(33)23(28)34)10-13-6-5-9-29-24(13)35/h4,7-8,11,13,15,17,20-21,30H,5-6,9-10,12H2,1-3H3,(H2,28,34)(H,29,35)(H,31,36)/t13?,15-,17-,20-,21-/m0/s1. The number of fused-ring (bicyclic) bond motifs is 2. The van der Waals surface area contributed by atoms with Crippen LogP contribution in [0.15, 0.2) is 24.3 Å². The minimum atomic E-state index is -1.25. The van der Waals surface area contributed by atoms with Crippen LogP contribution in [0.5, 0.6) is 5.75 Å². The first-order chi connectivity index (χ1) is 18.0. The van der Waals surface area contributed by atoms with E-state index < -0.39 is 35.6 Å². The Morgan fingerprint density at radius 3 is 2.71 bits per heavy atom. The molecular formula is C27H33N5O6. The van der Waals surface area contributed by atoms with E-state index in [0.29, 0.717) is 31.0 Å². The van der Waals surface area contributed by atoms with Crippen molar-refractivity contribution in [1.82, 2.24) is 20.5 Å². The van der Waals surface area contributed by atoms with Gasteiger partial charge in [0.2, 0.25) is 17.6 Å². The first kappa shape index (κ1) is 25.7. The zero-order valence-electron chi connectivity index (χ0n) is 21.7. The molecule has 11 heteroatoms. The first-order valence-corrected chi connectivity index (χ1v) is 12.9. The fourth-order valence-corrected chi connectivity index (χ4v) is 6.38. The maximum absolute atomic E-state index is 13.7. The van der Waals surface area contributed by atoms with Gasteiger partial charge in [-0.2, -0.15) is 0 Å². The van der Waals surface area contributed by atoms with Crippen LogP contribution < -0.4 is 21.1 Å². The molecule has 5 atom stereocenters. The minimum absolute atomic E-state index is 0.0285. The van der Waals surface area contributed by atoms with E-state index in [1.165, 1.54) is 4.90 Å². The molecule has 3 heterocycles. The summed E-state index contributed by atoms with van der Waals surface area (Å²) >= 11 is 0. The number of rotatable bonds is 8. The van der Waals surface area contributed by atoms with E-state index >= 15 is 0 Å². The number of ether oxygens (including phenoxy) is 1. The SMILES string of the molecule is COc1cccc2[nH]c(C(=O)N3C[C@H]4[C@@H]([C@H]3C(=O)N[C@@H](CC3CCCNC3=O)C(=O)C(N)=O)C4(C)C)cc12. The number of carbonyl (C=O) groups is 5. The number of ketones is 1. The predicted molar refractivity (Wildman–Crippen MR) is 137 cm³/mol. The van der Waals surface area contributed by atoms with Gasteiger partial charge in [0.25, 0.3) is 11.8 Å². The van der Waals surface area contributed by atoms with Gasteiger partial charge in [-0.25, -0.2) is 0 Å². The monoisotopic (exact) mass is 523 g/mol. The van der Waals surface area contributed by atoms with Crippen molar-refractivity contribution in [2.75, 3.05) is 20.2 Å². The number of carbonyl (C=O) groups excluding carboxylic acids is 5. The molecule has 0 radical (unpaired) electrons. The van der Waals surface area contributed by atoms with Crippen LogP contribution in [-0.2, 0) is 19.2 Å². The molecule has 0 bridgehead atoms. The highest BCUT2D eigenvalue weighted by Gasteiger charge is 2.69. The Labute approximate surface area is 219 Å². The summed E-state index contributed by atoms with van der Waals surface area (Å²) in [4.78, 5) is 68.8. The van der Waals surface area contributed by atoms with Crippen molar-refractivity contribution in [1.29, 1.82) is 0 Å². The number of piperidine rings is 2. The molecule has 3 aliphatic rings. The van der Waals surface area contributed by atoms with Crippen LogP contribution >= 0.6 is 0 Å². The maximum Gasteiger partial charge on any atom is 0.287 e. The quantitative estimate of drug-likeness (QED) is 0.373. The van der Waals surface area contributed by atoms with Crippen molar-refractivity contribution in [3.05, 3.63) is 30.0 Å². The molecule has 11 nitrogen and oxygen atoms in total. The molecule has 1 unspecified atom stereocenters. The number of methoxy groups -OCH3 is 1. The van der Waals surface area contributed by atoms with Crippen molar-refractivity contribution in [2.24, 2.45) is 28.9 Å². The number of nitrogens with zero attached hydrogens (tertiary/aromatic N) is 1. The fraction of sp³-hybridized carbons (Fsp3) is 0.519. The highest BCUT2D eigenvalue weighted by molar-refractivity contribution is 6.38. The predicted octanol–water partition coefficient (Wildman–Crippen LogP) is 0.729. The Morgan fingerprint density at radius 1 is 1.26 bits per heavy atom. The molecule has 5 N–H and O–H groups in total. The van der Waals surface area contributed by atoms with Crippen molar-refractivity contribution < 1.29 is 28.7 Å². The number of Topliss-reactive ketones (excluding diaryl/α,β-unsaturated/α-hetero) is 1. The zero-order chi connectivity index (χ0) is 27.4. The van der Waals surface area contributed by atoms with Crippen LogP contribution in [0.3, 0.4) is 0 Å². The molecule has 38 heavy (non-hydrogen) atoms. The Hall–Kier alpha value is -3.89. The second-order valence-corrected chi connectivity index (χ2v) is 11.1. The Bertz CT molecular complexity index is 1330. The van der Waals surface area contributed by atoms with E-state index in [1.54, 1.807) is 19.2 Å². The summed E-state index contributed by atoms with van der Waals surface area (Å²) in [6.45, 7) is 5.04. The molecule has 2 aliphatic heterocycles. The summed E-state index contributed by atoms with van der Waals surface area (Å²) < 4.78 is 5.40. The van der Waals surface area contributed by atoms with Gasteiger partial charge in [-0.1, -0.05) is 19.9 Å². The molecule has 4 amide bonds. The van der Waals surface area contributed by atoms with Gasteiger partial charge in [0.15, 0.2) is 0 Å². The second-order valence-electron chi connectivity index (χ2n) is 11.1. The summed E-state index contributed by atoms with van der Waals surface area (Å²) in [6.07, 6.45) is 1.25. The number of H-pyrrole nitrogens is 1. The van der Waals surface area contributed by atoms with Gasteiger partial charge in [0, 0.05) is 29.9 Å². The van der Waals surface area contributed by atoms with E-state index in [0.717, 1.165) is 17.3 Å². The topological polar surface area (TPSA) is 164 Å². The number of likely N-dealkylation sites (tertiary alicyclic amines) is 1. The highest BCUT2D eigenvalue weighted by Crippen LogP contribution is 2.65. The van der Waals surface area contributed by atoms with Crippen molar-refractivity contribution >= 4 is 40.3 Å². The first-order valence-electron chi connectivity index (χ1n) is 12.9. The van der Waals surface area contributed by atoms with E-state index in [9.17, 15) is 24.0 Å². The van der Waals surface area contributed by atoms with Crippen LogP contribution in [0.1, 0.15) is 43.6 Å². The van der Waals surface area contributed by atoms with E-state index in [1.807, 2.05) is 12.1 Å². The van der Waals surface area contributed by atoms with Crippen LogP contribution in [0.25, 0.3) is 10.9 Å². The number of benzene rings is 1. The van der Waals surface area contributed by atoms with Crippen molar-refractivity contribution in [3.8, 4) is 5.75 Å². The lowest BCUT2D eigenvalue weighted by Crippen LogP contribution is -2.56. The largest absolute Gasteiger partial charge is 0.496 e. The van der Waals surface area contributed by atoms with Crippen LogP contribution in [0.4, 0.5) is 0 Å². The average molecular weight is 524 g/mol. The van der Waals surface area contributed by atoms with Gasteiger partial charge < -0.3 is 31.0 Å². The van der Waals surface area contributed by atoms with E-state index in [4.69, 9.17) is 10.5 Å². The van der Waals surface area contributed by atoms with Gasteiger partial charge in [-0.05, 0) is 54.7 Å². The number of nitrogens with two attached hydrogens (primary N) is 1. The molecular weight excluding hydrogens is 490 g/mol. The molecule has 2 aromatic rings. The summed E-state index contributed by atoms with van der Waals surface area (Å²) in [7, 11) is 1.56. The third kappa shape index (κ3) is 4.29. The number of aromatic nitrogens is 1. The van der Waals surface area contributed by atoms with E-state index in [-0.39, 0.29) is 35.5 Å². The number of primary amides is 1. The lowest BCUT2D eigenvalue weighted by Gasteiger charge is -2.31. The lowest BCUT2D eigenvalue weighted by atomic mass is 9.89. The number of hydrogen-bond donors (Lipinski definition) is 4. The molecule has 1 aromatic carbocycles. The van der Waals surface area contributed by atoms with Gasteiger partial charge in [-0.3, -0.25) is 24.0 Å². The smallest absolute Gasteiger partial charge is 0.287 e. The highest BCUT2D eigenvalue weighted by atomic mass is 16.5. The Balaban J connectivity index is 1.40. The summed E-state index contributed by atoms with van der Waals surface area (Å²) in [5.74, 6) is -3.10. The zero-order valence-corrected chi connectivity index (χ0v) is 21.7. The normalized spacial score (nSPS) is 26.3. The Kier molecular flexibility index (Phi) is 6.40. The number of hydrogen-bond acceptors (Lipinski definition) is 6. The summed E-state index contributed by atoms with van der Waals surface area (Å²) in [5, 5.41) is 6.20. The van der Waals surface area contributed by atoms with Crippen LogP contribution in [-0.4, -0.2) is 71.6 Å². The molecule has 1 saturated carbocycles. The molecule has 1 aromatic heterocycles. The van der Waals surface area contributed by atoms with Crippen LogP contribution in [0, 0.1) is 23.2 Å². The summed E-state index contributed by atoms with van der Waals surface area (Å²) in [5.41, 5.74) is 6.18. The third-order valence-electron chi connectivity index (χ3n) is 8.61. The molecule has 3 fully saturated rings. The van der Waals surface area contributed by atoms with Gasteiger partial charge in [-0.15, -0.1) is 0 Å². The van der Waals surface area contributed by atoms with Crippen molar-refractivity contribution in [2.45, 2.75) is 45.2 Å². The third-order valence-corrected chi connectivity index (χ3v) is 8.61. The van der Waals surface area contributed by atoms with E-state index in [2.05, 4.69) is 29.5 Å².